The van der Waals surface area contributed by atoms with Crippen molar-refractivity contribution in [2.45, 2.75) is 26.4 Å². The average Bonchev–Trinajstić information content (AvgIpc) is 3.25. The molecule has 0 fully saturated rings. The zero-order valence-electron chi connectivity index (χ0n) is 17.6. The number of fused-ring (bicyclic) bond motifs is 1. The molecule has 1 unspecified atom stereocenters. The van der Waals surface area contributed by atoms with Crippen molar-refractivity contribution >= 4 is 11.9 Å². The minimum Gasteiger partial charge on any atom is -0.466 e. The molecular formula is C24H23NO6. The Morgan fingerprint density at radius 1 is 0.968 bits per heavy atom. The molecule has 0 saturated heterocycles. The van der Waals surface area contributed by atoms with Crippen LogP contribution in [0.25, 0.3) is 0 Å². The highest BCUT2D eigenvalue weighted by molar-refractivity contribution is 5.99. The van der Waals surface area contributed by atoms with Gasteiger partial charge in [0.1, 0.15) is 6.61 Å². The van der Waals surface area contributed by atoms with Crippen molar-refractivity contribution in [3.8, 4) is 11.5 Å². The van der Waals surface area contributed by atoms with E-state index < -0.39 is 17.9 Å². The first-order valence-corrected chi connectivity index (χ1v) is 9.87. The fraction of sp³-hybridized carbons (Fsp3) is 0.250. The Morgan fingerprint density at radius 3 is 2.35 bits per heavy atom. The third kappa shape index (κ3) is 3.99. The van der Waals surface area contributed by atoms with E-state index in [0.717, 1.165) is 5.56 Å². The van der Waals surface area contributed by atoms with Crippen molar-refractivity contribution < 1.29 is 28.5 Å². The third-order valence-electron chi connectivity index (χ3n) is 5.33. The molecule has 0 amide bonds. The summed E-state index contributed by atoms with van der Waals surface area (Å²) in [5.74, 6) is -0.523. The van der Waals surface area contributed by atoms with Crippen LogP contribution in [-0.4, -0.2) is 25.8 Å². The van der Waals surface area contributed by atoms with Gasteiger partial charge in [0.15, 0.2) is 11.5 Å². The second-order valence-corrected chi connectivity index (χ2v) is 7.30. The molecule has 31 heavy (non-hydrogen) atoms. The minimum absolute atomic E-state index is 0.126. The summed E-state index contributed by atoms with van der Waals surface area (Å²) < 4.78 is 21.5. The SMILES string of the molecule is COC(=O)C1=C(C)NC(C)=C(C(=O)OCc2ccccc2)C1c1ccc2c(c1)OCO2. The van der Waals surface area contributed by atoms with E-state index in [0.29, 0.717) is 39.6 Å². The van der Waals surface area contributed by atoms with E-state index in [2.05, 4.69) is 5.32 Å². The van der Waals surface area contributed by atoms with Gasteiger partial charge in [-0.1, -0.05) is 36.4 Å². The number of nitrogens with one attached hydrogen (secondary N) is 1. The van der Waals surface area contributed by atoms with Gasteiger partial charge in [0, 0.05) is 11.4 Å². The first-order valence-electron chi connectivity index (χ1n) is 9.87. The standard InChI is InChI=1S/C24H23NO6/c1-14-20(23(26)28-3)22(17-9-10-18-19(11-17)31-13-30-18)21(15(2)25-14)24(27)29-12-16-7-5-4-6-8-16/h4-11,22,25H,12-13H2,1-3H3. The maximum atomic E-state index is 13.2. The lowest BCUT2D eigenvalue weighted by Gasteiger charge is -2.30. The Hall–Kier alpha value is -3.74. The number of benzene rings is 2. The van der Waals surface area contributed by atoms with E-state index in [1.807, 2.05) is 36.4 Å². The van der Waals surface area contributed by atoms with Gasteiger partial charge >= 0.3 is 11.9 Å². The van der Waals surface area contributed by atoms with E-state index >= 15 is 0 Å². The van der Waals surface area contributed by atoms with Crippen LogP contribution in [0.4, 0.5) is 0 Å². The van der Waals surface area contributed by atoms with Crippen LogP contribution in [0, 0.1) is 0 Å². The molecule has 4 rings (SSSR count). The van der Waals surface area contributed by atoms with Gasteiger partial charge in [0.05, 0.1) is 24.2 Å². The number of hydrogen-bond donors (Lipinski definition) is 1. The van der Waals surface area contributed by atoms with Crippen LogP contribution in [0.1, 0.15) is 30.9 Å². The molecule has 2 aromatic rings. The zero-order valence-corrected chi connectivity index (χ0v) is 17.6. The molecule has 2 aromatic carbocycles. The van der Waals surface area contributed by atoms with Gasteiger partial charge in [-0.2, -0.15) is 0 Å². The summed E-state index contributed by atoms with van der Waals surface area (Å²) in [6.07, 6.45) is 0. The summed E-state index contributed by atoms with van der Waals surface area (Å²) in [7, 11) is 1.32. The summed E-state index contributed by atoms with van der Waals surface area (Å²) in [4.78, 5) is 25.9. The number of allylic oxidation sites excluding steroid dienone is 2. The van der Waals surface area contributed by atoms with Gasteiger partial charge in [-0.15, -0.1) is 0 Å². The van der Waals surface area contributed by atoms with E-state index in [4.69, 9.17) is 18.9 Å². The monoisotopic (exact) mass is 421 g/mol. The summed E-state index contributed by atoms with van der Waals surface area (Å²) in [6.45, 7) is 3.82. The third-order valence-corrected chi connectivity index (χ3v) is 5.33. The van der Waals surface area contributed by atoms with E-state index in [9.17, 15) is 9.59 Å². The molecule has 1 N–H and O–H groups in total. The summed E-state index contributed by atoms with van der Waals surface area (Å²) in [5.41, 5.74) is 3.51. The van der Waals surface area contributed by atoms with Crippen molar-refractivity contribution in [2.75, 3.05) is 13.9 Å². The van der Waals surface area contributed by atoms with Crippen molar-refractivity contribution in [1.82, 2.24) is 5.32 Å². The van der Waals surface area contributed by atoms with Crippen molar-refractivity contribution in [3.63, 3.8) is 0 Å². The molecule has 0 saturated carbocycles. The second kappa shape index (κ2) is 8.55. The Balaban J connectivity index is 1.73. The smallest absolute Gasteiger partial charge is 0.337 e. The van der Waals surface area contributed by atoms with Crippen LogP contribution in [0.3, 0.4) is 0 Å². The lowest BCUT2D eigenvalue weighted by atomic mass is 9.80. The average molecular weight is 421 g/mol. The predicted octanol–water partition coefficient (Wildman–Crippen LogP) is 3.57. The highest BCUT2D eigenvalue weighted by atomic mass is 16.7. The molecule has 0 radical (unpaired) electrons. The summed E-state index contributed by atoms with van der Waals surface area (Å²) in [6, 6.07) is 14.8. The molecule has 2 heterocycles. The van der Waals surface area contributed by atoms with Crippen LogP contribution in [0.2, 0.25) is 0 Å². The first kappa shape index (κ1) is 20.5. The van der Waals surface area contributed by atoms with Crippen LogP contribution < -0.4 is 14.8 Å². The first-order chi connectivity index (χ1) is 15.0. The molecular weight excluding hydrogens is 398 g/mol. The molecule has 160 valence electrons. The molecule has 1 atom stereocenters. The van der Waals surface area contributed by atoms with Gasteiger partial charge in [-0.25, -0.2) is 9.59 Å². The van der Waals surface area contributed by atoms with Crippen LogP contribution in [-0.2, 0) is 25.7 Å². The number of carbonyl (C=O) groups excluding carboxylic acids is 2. The van der Waals surface area contributed by atoms with Gasteiger partial charge in [-0.3, -0.25) is 0 Å². The highest BCUT2D eigenvalue weighted by Gasteiger charge is 2.38. The van der Waals surface area contributed by atoms with Crippen molar-refractivity contribution in [3.05, 3.63) is 82.2 Å². The highest BCUT2D eigenvalue weighted by Crippen LogP contribution is 2.43. The maximum absolute atomic E-state index is 13.2. The minimum atomic E-state index is -0.675. The molecule has 0 aromatic heterocycles. The van der Waals surface area contributed by atoms with E-state index in [1.165, 1.54) is 7.11 Å². The fourth-order valence-corrected chi connectivity index (χ4v) is 3.87. The number of hydrogen-bond acceptors (Lipinski definition) is 7. The van der Waals surface area contributed by atoms with Gasteiger partial charge in [0.25, 0.3) is 0 Å². The lowest BCUT2D eigenvalue weighted by molar-refractivity contribution is -0.140. The van der Waals surface area contributed by atoms with Gasteiger partial charge < -0.3 is 24.3 Å². The number of carbonyl (C=O) groups is 2. The molecule has 0 spiro atoms. The van der Waals surface area contributed by atoms with Crippen molar-refractivity contribution in [1.29, 1.82) is 0 Å². The molecule has 7 nitrogen and oxygen atoms in total. The lowest BCUT2D eigenvalue weighted by Crippen LogP contribution is -2.32. The zero-order chi connectivity index (χ0) is 22.0. The largest absolute Gasteiger partial charge is 0.466 e. The number of esters is 2. The maximum Gasteiger partial charge on any atom is 0.337 e. The fourth-order valence-electron chi connectivity index (χ4n) is 3.87. The van der Waals surface area contributed by atoms with Gasteiger partial charge in [0.2, 0.25) is 6.79 Å². The number of methoxy groups -OCH3 is 1. The molecule has 0 aliphatic carbocycles. The topological polar surface area (TPSA) is 83.1 Å². The number of ether oxygens (including phenoxy) is 4. The second-order valence-electron chi connectivity index (χ2n) is 7.30. The Morgan fingerprint density at radius 2 is 1.65 bits per heavy atom. The molecule has 2 aliphatic rings. The quantitative estimate of drug-likeness (QED) is 0.739. The molecule has 7 heteroatoms. The Labute approximate surface area is 180 Å². The van der Waals surface area contributed by atoms with Crippen LogP contribution in [0.15, 0.2) is 71.1 Å². The normalized spacial score (nSPS) is 17.3. The van der Waals surface area contributed by atoms with Crippen molar-refractivity contribution in [2.24, 2.45) is 0 Å². The number of dihydropyridines is 1. The van der Waals surface area contributed by atoms with Crippen LogP contribution >= 0.6 is 0 Å². The number of rotatable bonds is 5. The Kier molecular flexibility index (Phi) is 5.66. The van der Waals surface area contributed by atoms with E-state index in [1.54, 1.807) is 26.0 Å². The Bertz CT molecular complexity index is 1090. The van der Waals surface area contributed by atoms with E-state index in [-0.39, 0.29) is 13.4 Å². The van der Waals surface area contributed by atoms with Crippen LogP contribution in [0.5, 0.6) is 11.5 Å². The molecule has 0 bridgehead atoms. The van der Waals surface area contributed by atoms with Gasteiger partial charge in [-0.05, 0) is 37.1 Å². The summed E-state index contributed by atoms with van der Waals surface area (Å²) >= 11 is 0. The molecule has 2 aliphatic heterocycles. The predicted molar refractivity (Wildman–Crippen MR) is 112 cm³/mol. The summed E-state index contributed by atoms with van der Waals surface area (Å²) in [5, 5.41) is 3.13.